The van der Waals surface area contributed by atoms with Crippen molar-refractivity contribution in [2.75, 3.05) is 23.7 Å². The van der Waals surface area contributed by atoms with E-state index in [0.29, 0.717) is 29.5 Å². The van der Waals surface area contributed by atoms with Crippen molar-refractivity contribution in [1.29, 1.82) is 0 Å². The first-order valence-electron chi connectivity index (χ1n) is 12.0. The molecule has 198 valence electrons. The third-order valence-corrected chi connectivity index (χ3v) is 7.16. The molecule has 10 heteroatoms. The van der Waals surface area contributed by atoms with Gasteiger partial charge in [-0.3, -0.25) is 13.9 Å². The molecule has 0 aliphatic rings. The van der Waals surface area contributed by atoms with E-state index in [9.17, 15) is 18.0 Å². The van der Waals surface area contributed by atoms with Crippen LogP contribution in [0.2, 0.25) is 5.02 Å². The monoisotopic (exact) mass is 537 g/mol. The number of sulfonamides is 1. The number of benzene rings is 2. The molecule has 0 saturated heterocycles. The summed E-state index contributed by atoms with van der Waals surface area (Å²) in [5.41, 5.74) is 1.10. The number of nitrogens with zero attached hydrogens (tertiary/aromatic N) is 2. The van der Waals surface area contributed by atoms with Crippen LogP contribution in [0.1, 0.15) is 46.1 Å². The summed E-state index contributed by atoms with van der Waals surface area (Å²) in [5, 5.41) is 3.50. The number of ether oxygens (including phenoxy) is 1. The van der Waals surface area contributed by atoms with Gasteiger partial charge in [0.1, 0.15) is 18.3 Å². The van der Waals surface area contributed by atoms with Crippen molar-refractivity contribution in [1.82, 2.24) is 10.2 Å². The van der Waals surface area contributed by atoms with Gasteiger partial charge in [-0.1, -0.05) is 37.6 Å². The normalized spacial score (nSPS) is 12.9. The van der Waals surface area contributed by atoms with Crippen LogP contribution < -0.4 is 14.4 Å². The van der Waals surface area contributed by atoms with E-state index >= 15 is 0 Å². The van der Waals surface area contributed by atoms with Gasteiger partial charge in [0.05, 0.1) is 18.6 Å². The van der Waals surface area contributed by atoms with Gasteiger partial charge < -0.3 is 15.0 Å². The molecule has 0 spiro atoms. The second-order valence-electron chi connectivity index (χ2n) is 8.59. The van der Waals surface area contributed by atoms with Crippen molar-refractivity contribution < 1.29 is 22.7 Å². The van der Waals surface area contributed by atoms with Crippen LogP contribution in [0.15, 0.2) is 48.5 Å². The highest BCUT2D eigenvalue weighted by Gasteiger charge is 2.32. The molecule has 8 nitrogen and oxygen atoms in total. The molecular formula is C26H36ClN3O5S. The van der Waals surface area contributed by atoms with Crippen LogP contribution in [0.4, 0.5) is 5.69 Å². The van der Waals surface area contributed by atoms with E-state index < -0.39 is 28.5 Å². The van der Waals surface area contributed by atoms with Gasteiger partial charge in [0.2, 0.25) is 21.8 Å². The molecule has 2 atom stereocenters. The van der Waals surface area contributed by atoms with Crippen molar-refractivity contribution in [3.05, 3.63) is 59.1 Å². The van der Waals surface area contributed by atoms with Gasteiger partial charge >= 0.3 is 0 Å². The van der Waals surface area contributed by atoms with Crippen LogP contribution >= 0.6 is 11.6 Å². The molecule has 2 rings (SSSR count). The number of halogens is 1. The second-order valence-corrected chi connectivity index (χ2v) is 10.9. The average Bonchev–Trinajstić information content (AvgIpc) is 2.83. The number of carbonyl (C=O) groups is 2. The topological polar surface area (TPSA) is 96.0 Å². The smallest absolute Gasteiger partial charge is 0.244 e. The molecule has 2 unspecified atom stereocenters. The lowest BCUT2D eigenvalue weighted by atomic mass is 10.1. The first-order valence-corrected chi connectivity index (χ1v) is 14.3. The van der Waals surface area contributed by atoms with Gasteiger partial charge in [-0.05, 0) is 68.7 Å². The number of hydrogen-bond acceptors (Lipinski definition) is 5. The fraction of sp³-hybridized carbons (Fsp3) is 0.462. The Labute approximate surface area is 219 Å². The lowest BCUT2D eigenvalue weighted by molar-refractivity contribution is -0.140. The zero-order valence-electron chi connectivity index (χ0n) is 21.5. The lowest BCUT2D eigenvalue weighted by Gasteiger charge is -2.33. The summed E-state index contributed by atoms with van der Waals surface area (Å²) in [4.78, 5) is 28.2. The number of carbonyl (C=O) groups excluding carboxylic acids is 2. The third kappa shape index (κ3) is 8.41. The number of rotatable bonds is 13. The van der Waals surface area contributed by atoms with E-state index in [1.165, 1.54) is 4.90 Å². The molecule has 2 amide bonds. The molecule has 0 heterocycles. The molecule has 0 aromatic heterocycles. The Morgan fingerprint density at radius 1 is 1.00 bits per heavy atom. The van der Waals surface area contributed by atoms with Crippen LogP contribution in [0.5, 0.6) is 5.75 Å². The van der Waals surface area contributed by atoms with Gasteiger partial charge in [-0.15, -0.1) is 0 Å². The van der Waals surface area contributed by atoms with E-state index in [0.717, 1.165) is 22.5 Å². The van der Waals surface area contributed by atoms with Crippen LogP contribution in [-0.4, -0.2) is 56.6 Å². The predicted octanol–water partition coefficient (Wildman–Crippen LogP) is 4.23. The summed E-state index contributed by atoms with van der Waals surface area (Å²) < 4.78 is 31.8. The molecule has 0 bridgehead atoms. The zero-order valence-corrected chi connectivity index (χ0v) is 23.1. The Hall–Kier alpha value is -2.78. The Morgan fingerprint density at radius 2 is 1.61 bits per heavy atom. The van der Waals surface area contributed by atoms with E-state index in [1.807, 2.05) is 27.7 Å². The molecule has 2 aromatic rings. The van der Waals surface area contributed by atoms with Gasteiger partial charge in [-0.2, -0.15) is 0 Å². The van der Waals surface area contributed by atoms with Crippen LogP contribution in [-0.2, 0) is 26.2 Å². The molecule has 0 saturated carbocycles. The molecule has 36 heavy (non-hydrogen) atoms. The van der Waals surface area contributed by atoms with Crippen LogP contribution in [0, 0.1) is 0 Å². The van der Waals surface area contributed by atoms with Crippen molar-refractivity contribution in [3.63, 3.8) is 0 Å². The lowest BCUT2D eigenvalue weighted by Crippen LogP contribution is -2.53. The van der Waals surface area contributed by atoms with Crippen molar-refractivity contribution in [3.8, 4) is 5.75 Å². The van der Waals surface area contributed by atoms with E-state index in [-0.39, 0.29) is 18.5 Å². The Bertz CT molecular complexity index is 1110. The van der Waals surface area contributed by atoms with Gasteiger partial charge in [0, 0.05) is 17.6 Å². The summed E-state index contributed by atoms with van der Waals surface area (Å²) in [6.45, 7) is 7.69. The Balaban J connectivity index is 2.41. The third-order valence-electron chi connectivity index (χ3n) is 5.77. The minimum atomic E-state index is -3.80. The molecular weight excluding hydrogens is 502 g/mol. The maximum absolute atomic E-state index is 13.7. The van der Waals surface area contributed by atoms with Crippen LogP contribution in [0.3, 0.4) is 0 Å². The zero-order chi connectivity index (χ0) is 26.9. The largest absolute Gasteiger partial charge is 0.494 e. The first kappa shape index (κ1) is 29.5. The van der Waals surface area contributed by atoms with E-state index in [2.05, 4.69) is 5.32 Å². The van der Waals surface area contributed by atoms with Crippen molar-refractivity contribution >= 4 is 39.1 Å². The maximum Gasteiger partial charge on any atom is 0.244 e. The SMILES string of the molecule is CCOc1ccc(N(CC(=O)N(Cc2ccc(Cl)cc2)C(CC)C(=O)NC(C)CC)S(C)(=O)=O)cc1. The first-order chi connectivity index (χ1) is 17.0. The van der Waals surface area contributed by atoms with E-state index in [1.54, 1.807) is 48.5 Å². The maximum atomic E-state index is 13.7. The summed E-state index contributed by atoms with van der Waals surface area (Å²) in [6.07, 6.45) is 2.16. The quantitative estimate of drug-likeness (QED) is 0.412. The highest BCUT2D eigenvalue weighted by molar-refractivity contribution is 7.92. The minimum Gasteiger partial charge on any atom is -0.494 e. The molecule has 1 N–H and O–H groups in total. The minimum absolute atomic E-state index is 0.0598. The van der Waals surface area contributed by atoms with Gasteiger partial charge in [-0.25, -0.2) is 8.42 Å². The average molecular weight is 538 g/mol. The fourth-order valence-electron chi connectivity index (χ4n) is 3.64. The number of amides is 2. The number of hydrogen-bond donors (Lipinski definition) is 1. The fourth-order valence-corrected chi connectivity index (χ4v) is 4.61. The van der Waals surface area contributed by atoms with Crippen LogP contribution in [0.25, 0.3) is 0 Å². The van der Waals surface area contributed by atoms with Gasteiger partial charge in [0.15, 0.2) is 0 Å². The van der Waals surface area contributed by atoms with Crippen molar-refractivity contribution in [2.45, 2.75) is 59.2 Å². The molecule has 0 fully saturated rings. The Morgan fingerprint density at radius 3 is 2.11 bits per heavy atom. The molecule has 0 aliphatic carbocycles. The van der Waals surface area contributed by atoms with E-state index in [4.69, 9.17) is 16.3 Å². The molecule has 2 aromatic carbocycles. The summed E-state index contributed by atoms with van der Waals surface area (Å²) in [5.74, 6) is -0.172. The summed E-state index contributed by atoms with van der Waals surface area (Å²) >= 11 is 6.02. The standard InChI is InChI=1S/C26H36ClN3O5S/c1-6-19(4)28-26(32)24(7-2)29(17-20-9-11-21(27)12-10-20)25(31)18-30(36(5,33)34)22-13-15-23(16-14-22)35-8-3/h9-16,19,24H,6-8,17-18H2,1-5H3,(H,28,32). The summed E-state index contributed by atoms with van der Waals surface area (Å²) in [6, 6.07) is 12.6. The highest BCUT2D eigenvalue weighted by atomic mass is 35.5. The predicted molar refractivity (Wildman–Crippen MR) is 144 cm³/mol. The number of nitrogens with one attached hydrogen (secondary N) is 1. The van der Waals surface area contributed by atoms with Gasteiger partial charge in [0.25, 0.3) is 0 Å². The number of anilines is 1. The Kier molecular flexibility index (Phi) is 11.0. The highest BCUT2D eigenvalue weighted by Crippen LogP contribution is 2.23. The molecule has 0 aliphatic heterocycles. The molecule has 0 radical (unpaired) electrons. The summed E-state index contributed by atoms with van der Waals surface area (Å²) in [7, 11) is -3.80. The van der Waals surface area contributed by atoms with Crippen molar-refractivity contribution in [2.24, 2.45) is 0 Å². The second kappa shape index (κ2) is 13.5.